The van der Waals surface area contributed by atoms with Crippen molar-refractivity contribution in [3.63, 3.8) is 0 Å². The van der Waals surface area contributed by atoms with Gasteiger partial charge >= 0.3 is 0 Å². The number of hydrogen-bond donors (Lipinski definition) is 1. The number of rotatable bonds is 2. The van der Waals surface area contributed by atoms with Crippen molar-refractivity contribution in [3.8, 4) is 0 Å². The molecule has 1 saturated heterocycles. The molecule has 5 nitrogen and oxygen atoms in total. The number of nitrogens with zero attached hydrogens (tertiary/aromatic N) is 3. The van der Waals surface area contributed by atoms with Gasteiger partial charge in [0.1, 0.15) is 0 Å². The fraction of sp³-hybridized carbons (Fsp3) is 0.733. The van der Waals surface area contributed by atoms with Gasteiger partial charge in [0, 0.05) is 36.6 Å². The molecule has 0 saturated carbocycles. The summed E-state index contributed by atoms with van der Waals surface area (Å²) in [5, 5.41) is 3.34. The summed E-state index contributed by atoms with van der Waals surface area (Å²) in [7, 11) is 2.15. The minimum Gasteiger partial charge on any atom is -0.363 e. The third-order valence-electron chi connectivity index (χ3n) is 4.11. The van der Waals surface area contributed by atoms with Crippen LogP contribution in [0.15, 0.2) is 17.2 Å². The average molecular weight is 278 g/mol. The number of piperidine rings is 1. The highest BCUT2D eigenvalue weighted by atomic mass is 16.1. The van der Waals surface area contributed by atoms with E-state index >= 15 is 0 Å². The standard InChI is InChI=1S/C15H26N4O/c1-11-10-12(6-8-18(11)5)17-13-14(20)19(9-7-16-13)15(2,3)4/h7,9,11-12H,6,8,10H2,1-5H3,(H,16,17). The molecule has 1 aromatic heterocycles. The molecule has 0 bridgehead atoms. The topological polar surface area (TPSA) is 50.2 Å². The van der Waals surface area contributed by atoms with Crippen molar-refractivity contribution >= 4 is 5.82 Å². The van der Waals surface area contributed by atoms with Crippen LogP contribution in [0.2, 0.25) is 0 Å². The van der Waals surface area contributed by atoms with Gasteiger partial charge in [-0.1, -0.05) is 0 Å². The summed E-state index contributed by atoms with van der Waals surface area (Å²) in [6.07, 6.45) is 5.55. The average Bonchev–Trinajstić information content (AvgIpc) is 2.35. The van der Waals surface area contributed by atoms with E-state index < -0.39 is 0 Å². The quantitative estimate of drug-likeness (QED) is 0.897. The van der Waals surface area contributed by atoms with Crippen LogP contribution >= 0.6 is 0 Å². The molecule has 0 amide bonds. The highest BCUT2D eigenvalue weighted by Gasteiger charge is 2.24. The van der Waals surface area contributed by atoms with E-state index in [4.69, 9.17) is 0 Å². The molecule has 1 aliphatic heterocycles. The van der Waals surface area contributed by atoms with Crippen molar-refractivity contribution in [1.82, 2.24) is 14.5 Å². The van der Waals surface area contributed by atoms with Gasteiger partial charge in [-0.05, 0) is 47.6 Å². The minimum atomic E-state index is -0.226. The SMILES string of the molecule is CC1CC(Nc2nccn(C(C)(C)C)c2=O)CCN1C. The third kappa shape index (κ3) is 3.20. The van der Waals surface area contributed by atoms with Crippen molar-refractivity contribution < 1.29 is 0 Å². The molecule has 5 heteroatoms. The van der Waals surface area contributed by atoms with Gasteiger partial charge in [-0.25, -0.2) is 4.98 Å². The fourth-order valence-corrected chi connectivity index (χ4v) is 2.65. The first-order chi connectivity index (χ1) is 9.29. The molecule has 112 valence electrons. The number of anilines is 1. The summed E-state index contributed by atoms with van der Waals surface area (Å²) in [6, 6.07) is 0.868. The monoisotopic (exact) mass is 278 g/mol. The van der Waals surface area contributed by atoms with E-state index in [1.165, 1.54) is 0 Å². The Bertz CT molecular complexity index is 517. The molecule has 2 unspecified atom stereocenters. The van der Waals surface area contributed by atoms with Crippen LogP contribution in [0, 0.1) is 0 Å². The van der Waals surface area contributed by atoms with Crippen molar-refractivity contribution in [2.24, 2.45) is 0 Å². The maximum absolute atomic E-state index is 12.5. The lowest BCUT2D eigenvalue weighted by Crippen LogP contribution is -2.44. The maximum Gasteiger partial charge on any atom is 0.293 e. The van der Waals surface area contributed by atoms with Gasteiger partial charge in [0.05, 0.1) is 0 Å². The molecule has 2 rings (SSSR count). The van der Waals surface area contributed by atoms with Crippen LogP contribution < -0.4 is 10.9 Å². The van der Waals surface area contributed by atoms with Crippen molar-refractivity contribution in [3.05, 3.63) is 22.7 Å². The van der Waals surface area contributed by atoms with E-state index in [-0.39, 0.29) is 11.1 Å². The molecule has 1 N–H and O–H groups in total. The molecule has 0 spiro atoms. The van der Waals surface area contributed by atoms with Gasteiger partial charge in [-0.2, -0.15) is 0 Å². The molecule has 0 aliphatic carbocycles. The van der Waals surface area contributed by atoms with Crippen LogP contribution in [-0.4, -0.2) is 40.1 Å². The molecule has 20 heavy (non-hydrogen) atoms. The predicted molar refractivity (Wildman–Crippen MR) is 82.2 cm³/mol. The molecule has 1 aliphatic rings. The van der Waals surface area contributed by atoms with E-state index in [0.29, 0.717) is 17.9 Å². The Morgan fingerprint density at radius 3 is 2.70 bits per heavy atom. The van der Waals surface area contributed by atoms with Crippen molar-refractivity contribution in [1.29, 1.82) is 0 Å². The smallest absolute Gasteiger partial charge is 0.293 e. The van der Waals surface area contributed by atoms with Gasteiger partial charge in [0.25, 0.3) is 5.56 Å². The van der Waals surface area contributed by atoms with E-state index in [2.05, 4.69) is 29.2 Å². The van der Waals surface area contributed by atoms with Crippen LogP contribution in [0.4, 0.5) is 5.82 Å². The Morgan fingerprint density at radius 1 is 1.40 bits per heavy atom. The van der Waals surface area contributed by atoms with Gasteiger partial charge in [0.15, 0.2) is 5.82 Å². The summed E-state index contributed by atoms with van der Waals surface area (Å²) in [5.41, 5.74) is -0.261. The second-order valence-electron chi connectivity index (χ2n) is 6.82. The molecule has 1 aromatic rings. The number of nitrogens with one attached hydrogen (secondary N) is 1. The zero-order chi connectivity index (χ0) is 14.9. The van der Waals surface area contributed by atoms with E-state index in [1.54, 1.807) is 17.0 Å². The first-order valence-electron chi connectivity index (χ1n) is 7.34. The molecular weight excluding hydrogens is 252 g/mol. The molecular formula is C15H26N4O. The van der Waals surface area contributed by atoms with E-state index in [1.807, 2.05) is 20.8 Å². The lowest BCUT2D eigenvalue weighted by atomic mass is 9.99. The minimum absolute atomic E-state index is 0.0356. The Morgan fingerprint density at radius 2 is 2.10 bits per heavy atom. The van der Waals surface area contributed by atoms with Gasteiger partial charge in [-0.3, -0.25) is 4.79 Å². The molecule has 1 fully saturated rings. The third-order valence-corrected chi connectivity index (χ3v) is 4.11. The zero-order valence-corrected chi connectivity index (χ0v) is 13.2. The summed E-state index contributed by atoms with van der Waals surface area (Å²) < 4.78 is 1.74. The summed E-state index contributed by atoms with van der Waals surface area (Å²) >= 11 is 0. The van der Waals surface area contributed by atoms with Crippen molar-refractivity contribution in [2.75, 3.05) is 18.9 Å². The molecule has 0 aromatic carbocycles. The predicted octanol–water partition coefficient (Wildman–Crippen LogP) is 1.89. The Kier molecular flexibility index (Phi) is 4.18. The second kappa shape index (κ2) is 5.56. The molecule has 2 heterocycles. The van der Waals surface area contributed by atoms with E-state index in [9.17, 15) is 4.79 Å². The fourth-order valence-electron chi connectivity index (χ4n) is 2.65. The number of aromatic nitrogens is 2. The van der Waals surface area contributed by atoms with Gasteiger partial charge < -0.3 is 14.8 Å². The molecule has 2 atom stereocenters. The zero-order valence-electron chi connectivity index (χ0n) is 13.2. The Labute approximate surface area is 121 Å². The van der Waals surface area contributed by atoms with Gasteiger partial charge in [-0.15, -0.1) is 0 Å². The second-order valence-corrected chi connectivity index (χ2v) is 6.82. The highest BCUT2D eigenvalue weighted by molar-refractivity contribution is 5.33. The first kappa shape index (κ1) is 15.0. The Hall–Kier alpha value is -1.36. The van der Waals surface area contributed by atoms with E-state index in [0.717, 1.165) is 19.4 Å². The van der Waals surface area contributed by atoms with Crippen molar-refractivity contribution in [2.45, 2.75) is 58.2 Å². The maximum atomic E-state index is 12.5. The van der Waals surface area contributed by atoms with Crippen LogP contribution in [0.3, 0.4) is 0 Å². The van der Waals surface area contributed by atoms with Crippen LogP contribution in [0.5, 0.6) is 0 Å². The number of likely N-dealkylation sites (tertiary alicyclic amines) is 1. The van der Waals surface area contributed by atoms with Crippen LogP contribution in [0.25, 0.3) is 0 Å². The summed E-state index contributed by atoms with van der Waals surface area (Å²) in [5.74, 6) is 0.476. The first-order valence-corrected chi connectivity index (χ1v) is 7.34. The Balaban J connectivity index is 2.17. The lowest BCUT2D eigenvalue weighted by molar-refractivity contribution is 0.190. The number of hydrogen-bond acceptors (Lipinski definition) is 4. The molecule has 0 radical (unpaired) electrons. The summed E-state index contributed by atoms with van der Waals surface area (Å²) in [4.78, 5) is 19.0. The van der Waals surface area contributed by atoms with Crippen LogP contribution in [-0.2, 0) is 5.54 Å². The largest absolute Gasteiger partial charge is 0.363 e. The lowest BCUT2D eigenvalue weighted by Gasteiger charge is -2.35. The normalized spacial score (nSPS) is 24.6. The van der Waals surface area contributed by atoms with Gasteiger partial charge in [0.2, 0.25) is 0 Å². The van der Waals surface area contributed by atoms with Crippen LogP contribution in [0.1, 0.15) is 40.5 Å². The highest BCUT2D eigenvalue weighted by Crippen LogP contribution is 2.18. The summed E-state index contributed by atoms with van der Waals surface area (Å²) in [6.45, 7) is 9.35.